The number of para-hydroxylation sites is 1. The second-order valence-electron chi connectivity index (χ2n) is 3.96. The SMILES string of the molecule is O=C([O-])CC(c1c[nH]c2ccccc12)C(F)(F)F.[K+]. The average Bonchev–Trinajstić information content (AvgIpc) is 2.67. The van der Waals surface area contributed by atoms with Crippen LogP contribution in [0, 0.1) is 0 Å². The number of aliphatic carboxylic acids is 1. The fourth-order valence-electron chi connectivity index (χ4n) is 1.95. The Balaban J connectivity index is 0.00000180. The Hall–Kier alpha value is -0.344. The maximum absolute atomic E-state index is 12.9. The summed E-state index contributed by atoms with van der Waals surface area (Å²) in [5.74, 6) is -3.78. The van der Waals surface area contributed by atoms with E-state index in [4.69, 9.17) is 0 Å². The van der Waals surface area contributed by atoms with Gasteiger partial charge in [-0.3, -0.25) is 0 Å². The molecule has 0 aliphatic carbocycles. The summed E-state index contributed by atoms with van der Waals surface area (Å²) in [6.07, 6.45) is -4.50. The Labute approximate surface area is 149 Å². The predicted molar refractivity (Wildman–Crippen MR) is 56.7 cm³/mol. The van der Waals surface area contributed by atoms with Crippen molar-refractivity contribution >= 4 is 16.9 Å². The smallest absolute Gasteiger partial charge is 0.550 e. The third-order valence-electron chi connectivity index (χ3n) is 2.76. The largest absolute Gasteiger partial charge is 1.00 e. The Kier molecular flexibility index (Phi) is 5.63. The summed E-state index contributed by atoms with van der Waals surface area (Å²) >= 11 is 0. The van der Waals surface area contributed by atoms with Crippen molar-refractivity contribution in [1.29, 1.82) is 0 Å². The van der Waals surface area contributed by atoms with Gasteiger partial charge in [-0.1, -0.05) is 18.2 Å². The van der Waals surface area contributed by atoms with Crippen LogP contribution in [-0.2, 0) is 4.79 Å². The number of aromatic nitrogens is 1. The number of halogens is 3. The fourth-order valence-corrected chi connectivity index (χ4v) is 1.95. The summed E-state index contributed by atoms with van der Waals surface area (Å²) < 4.78 is 38.6. The minimum absolute atomic E-state index is 0. The normalized spacial score (nSPS) is 13.0. The Morgan fingerprint density at radius 3 is 2.53 bits per heavy atom. The van der Waals surface area contributed by atoms with Crippen LogP contribution in [0.2, 0.25) is 0 Å². The van der Waals surface area contributed by atoms with Crippen molar-refractivity contribution in [1.82, 2.24) is 4.98 Å². The molecule has 0 aliphatic heterocycles. The van der Waals surface area contributed by atoms with Crippen LogP contribution in [0.3, 0.4) is 0 Å². The average molecular weight is 295 g/mol. The van der Waals surface area contributed by atoms with E-state index in [1.165, 1.54) is 12.3 Å². The zero-order chi connectivity index (χ0) is 13.3. The maximum Gasteiger partial charge on any atom is 1.00 e. The number of carbonyl (C=O) groups is 1. The van der Waals surface area contributed by atoms with Gasteiger partial charge in [0, 0.05) is 29.5 Å². The van der Waals surface area contributed by atoms with Gasteiger partial charge in [0.1, 0.15) is 0 Å². The molecule has 1 aromatic carbocycles. The number of benzene rings is 1. The maximum atomic E-state index is 12.9. The van der Waals surface area contributed by atoms with Crippen molar-refractivity contribution in [2.24, 2.45) is 0 Å². The first-order valence-electron chi connectivity index (χ1n) is 5.22. The van der Waals surface area contributed by atoms with Crippen LogP contribution in [0.1, 0.15) is 17.9 Å². The Bertz CT molecular complexity index is 580. The first kappa shape index (κ1) is 16.7. The summed E-state index contributed by atoms with van der Waals surface area (Å²) in [5.41, 5.74) is 0.474. The summed E-state index contributed by atoms with van der Waals surface area (Å²) in [6, 6.07) is 6.44. The van der Waals surface area contributed by atoms with Gasteiger partial charge in [0.2, 0.25) is 0 Å². The minimum Gasteiger partial charge on any atom is -0.550 e. The molecule has 2 aromatic rings. The molecule has 0 bridgehead atoms. The van der Waals surface area contributed by atoms with Crippen molar-refractivity contribution in [3.63, 3.8) is 0 Å². The van der Waals surface area contributed by atoms with E-state index in [0.717, 1.165) is 0 Å². The van der Waals surface area contributed by atoms with E-state index in [2.05, 4.69) is 4.98 Å². The van der Waals surface area contributed by atoms with Crippen LogP contribution < -0.4 is 56.5 Å². The molecular formula is C12H9F3KNO2. The molecule has 0 aliphatic rings. The molecule has 1 N–H and O–H groups in total. The molecule has 7 heteroatoms. The summed E-state index contributed by atoms with van der Waals surface area (Å²) in [5, 5.41) is 10.8. The van der Waals surface area contributed by atoms with E-state index >= 15 is 0 Å². The number of carboxylic acid groups (broad SMARTS) is 1. The molecule has 1 aromatic heterocycles. The third-order valence-corrected chi connectivity index (χ3v) is 2.76. The topological polar surface area (TPSA) is 55.9 Å². The number of carboxylic acids is 1. The standard InChI is InChI=1S/C12H10F3NO2.K/c13-12(14,15)9(5-11(17)18)8-6-16-10-4-2-1-3-7(8)10;/h1-4,6,9,16H,5H2,(H,17,18);/q;+1/p-1. The Morgan fingerprint density at radius 1 is 1.32 bits per heavy atom. The van der Waals surface area contributed by atoms with E-state index in [1.54, 1.807) is 18.2 Å². The monoisotopic (exact) mass is 295 g/mol. The summed E-state index contributed by atoms with van der Waals surface area (Å²) in [4.78, 5) is 13.2. The van der Waals surface area contributed by atoms with Crippen LogP contribution in [-0.4, -0.2) is 17.1 Å². The second-order valence-corrected chi connectivity index (χ2v) is 3.96. The van der Waals surface area contributed by atoms with Gasteiger partial charge in [0.15, 0.2) is 0 Å². The Morgan fingerprint density at radius 2 is 1.95 bits per heavy atom. The second kappa shape index (κ2) is 6.40. The minimum atomic E-state index is -4.62. The van der Waals surface area contributed by atoms with E-state index in [0.29, 0.717) is 10.9 Å². The molecule has 19 heavy (non-hydrogen) atoms. The molecule has 0 fully saturated rings. The van der Waals surface area contributed by atoms with E-state index in [1.807, 2.05) is 0 Å². The molecule has 0 saturated heterocycles. The molecule has 1 unspecified atom stereocenters. The first-order valence-corrected chi connectivity index (χ1v) is 5.22. The van der Waals surface area contributed by atoms with Crippen molar-refractivity contribution in [3.05, 3.63) is 36.0 Å². The van der Waals surface area contributed by atoms with Crippen molar-refractivity contribution < 1.29 is 74.5 Å². The number of nitrogens with one attached hydrogen (secondary N) is 1. The van der Waals surface area contributed by atoms with Gasteiger partial charge >= 0.3 is 57.6 Å². The van der Waals surface area contributed by atoms with Gasteiger partial charge in [-0.25, -0.2) is 0 Å². The molecule has 2 rings (SSSR count). The molecular weight excluding hydrogens is 286 g/mol. The number of alkyl halides is 3. The van der Waals surface area contributed by atoms with Gasteiger partial charge in [-0.2, -0.15) is 13.2 Å². The molecule has 1 atom stereocenters. The van der Waals surface area contributed by atoms with Gasteiger partial charge in [0.25, 0.3) is 0 Å². The molecule has 0 radical (unpaired) electrons. The van der Waals surface area contributed by atoms with E-state index < -0.39 is 24.5 Å². The first-order chi connectivity index (χ1) is 8.39. The van der Waals surface area contributed by atoms with E-state index in [9.17, 15) is 23.1 Å². The van der Waals surface area contributed by atoms with E-state index in [-0.39, 0.29) is 56.9 Å². The van der Waals surface area contributed by atoms with Crippen LogP contribution in [0.25, 0.3) is 10.9 Å². The molecule has 0 saturated carbocycles. The van der Waals surface area contributed by atoms with Crippen LogP contribution in [0.4, 0.5) is 13.2 Å². The number of H-pyrrole nitrogens is 1. The van der Waals surface area contributed by atoms with Crippen molar-refractivity contribution in [3.8, 4) is 0 Å². The van der Waals surface area contributed by atoms with Crippen molar-refractivity contribution in [2.45, 2.75) is 18.5 Å². The van der Waals surface area contributed by atoms with Gasteiger partial charge < -0.3 is 14.9 Å². The van der Waals surface area contributed by atoms with Crippen LogP contribution >= 0.6 is 0 Å². The van der Waals surface area contributed by atoms with Gasteiger partial charge in [-0.05, 0) is 11.6 Å². The van der Waals surface area contributed by atoms with Crippen molar-refractivity contribution in [2.75, 3.05) is 0 Å². The zero-order valence-electron chi connectivity index (χ0n) is 10.1. The number of rotatable bonds is 3. The molecule has 0 amide bonds. The number of aromatic amines is 1. The summed E-state index contributed by atoms with van der Waals surface area (Å²) in [6.45, 7) is 0. The molecule has 96 valence electrons. The number of hydrogen-bond acceptors (Lipinski definition) is 2. The van der Waals surface area contributed by atoms with Crippen LogP contribution in [0.5, 0.6) is 0 Å². The molecule has 0 spiro atoms. The number of hydrogen-bond donors (Lipinski definition) is 1. The quantitative estimate of drug-likeness (QED) is 0.735. The number of carbonyl (C=O) groups excluding carboxylic acids is 1. The third kappa shape index (κ3) is 3.82. The van der Waals surface area contributed by atoms with Gasteiger partial charge in [-0.15, -0.1) is 0 Å². The molecule has 1 heterocycles. The fraction of sp³-hybridized carbons (Fsp3) is 0.250. The summed E-state index contributed by atoms with van der Waals surface area (Å²) in [7, 11) is 0. The molecule has 3 nitrogen and oxygen atoms in total. The van der Waals surface area contributed by atoms with Crippen LogP contribution in [0.15, 0.2) is 30.5 Å². The number of fused-ring (bicyclic) bond motifs is 1. The zero-order valence-corrected chi connectivity index (χ0v) is 13.2. The predicted octanol–water partition coefficient (Wildman–Crippen LogP) is -1.04. The van der Waals surface area contributed by atoms with Gasteiger partial charge in [0.05, 0.1) is 5.92 Å².